The SMILES string of the molecule is COc1ccc(F)cc1-c1nc(CN)c(C)s1. The van der Waals surface area contributed by atoms with Gasteiger partial charge in [-0.3, -0.25) is 0 Å². The molecule has 2 rings (SSSR count). The number of benzene rings is 1. The lowest BCUT2D eigenvalue weighted by atomic mass is 10.2. The van der Waals surface area contributed by atoms with Gasteiger partial charge in [-0.15, -0.1) is 11.3 Å². The van der Waals surface area contributed by atoms with E-state index in [1.165, 1.54) is 23.5 Å². The maximum absolute atomic E-state index is 13.3. The summed E-state index contributed by atoms with van der Waals surface area (Å²) in [5.41, 5.74) is 7.09. The van der Waals surface area contributed by atoms with Crippen molar-refractivity contribution in [2.45, 2.75) is 13.5 Å². The first kappa shape index (κ1) is 12.0. The number of rotatable bonds is 3. The molecule has 0 fully saturated rings. The van der Waals surface area contributed by atoms with Crippen molar-refractivity contribution in [3.63, 3.8) is 0 Å². The average Bonchev–Trinajstić information content (AvgIpc) is 2.70. The number of ether oxygens (including phenoxy) is 1. The van der Waals surface area contributed by atoms with Crippen molar-refractivity contribution < 1.29 is 9.13 Å². The van der Waals surface area contributed by atoms with Crippen LogP contribution in [-0.4, -0.2) is 12.1 Å². The molecule has 0 atom stereocenters. The normalized spacial score (nSPS) is 10.6. The van der Waals surface area contributed by atoms with Crippen LogP contribution in [0.3, 0.4) is 0 Å². The van der Waals surface area contributed by atoms with Gasteiger partial charge < -0.3 is 10.5 Å². The Kier molecular flexibility index (Phi) is 3.40. The molecule has 0 saturated carbocycles. The third-order valence-corrected chi connectivity index (χ3v) is 3.52. The number of nitrogens with zero attached hydrogens (tertiary/aromatic N) is 1. The molecular weight excluding hydrogens is 239 g/mol. The Morgan fingerprint density at radius 3 is 2.82 bits per heavy atom. The van der Waals surface area contributed by atoms with E-state index >= 15 is 0 Å². The van der Waals surface area contributed by atoms with Crippen LogP contribution in [0, 0.1) is 12.7 Å². The van der Waals surface area contributed by atoms with Gasteiger partial charge in [-0.2, -0.15) is 0 Å². The lowest BCUT2D eigenvalue weighted by Crippen LogP contribution is -1.98. The van der Waals surface area contributed by atoms with E-state index in [4.69, 9.17) is 10.5 Å². The van der Waals surface area contributed by atoms with Crippen LogP contribution in [0.15, 0.2) is 18.2 Å². The number of aromatic nitrogens is 1. The fraction of sp³-hybridized carbons (Fsp3) is 0.250. The molecule has 5 heteroatoms. The second-order valence-electron chi connectivity index (χ2n) is 3.57. The van der Waals surface area contributed by atoms with Gasteiger partial charge in [0.05, 0.1) is 18.4 Å². The molecule has 1 aromatic carbocycles. The van der Waals surface area contributed by atoms with Crippen molar-refractivity contribution in [3.8, 4) is 16.3 Å². The first-order valence-electron chi connectivity index (χ1n) is 5.16. The van der Waals surface area contributed by atoms with E-state index in [0.717, 1.165) is 15.6 Å². The highest BCUT2D eigenvalue weighted by Gasteiger charge is 2.13. The number of hydrogen-bond acceptors (Lipinski definition) is 4. The maximum atomic E-state index is 13.3. The Hall–Kier alpha value is -1.46. The summed E-state index contributed by atoms with van der Waals surface area (Å²) >= 11 is 1.49. The Morgan fingerprint density at radius 1 is 1.47 bits per heavy atom. The van der Waals surface area contributed by atoms with E-state index in [2.05, 4.69) is 4.98 Å². The standard InChI is InChI=1S/C12H13FN2OS/c1-7-10(6-14)15-12(17-7)9-5-8(13)3-4-11(9)16-2/h3-5H,6,14H2,1-2H3. The molecule has 2 N–H and O–H groups in total. The van der Waals surface area contributed by atoms with Gasteiger partial charge in [0.1, 0.15) is 16.6 Å². The van der Waals surface area contributed by atoms with Crippen LogP contribution < -0.4 is 10.5 Å². The number of halogens is 1. The van der Waals surface area contributed by atoms with Gasteiger partial charge >= 0.3 is 0 Å². The molecule has 2 aromatic rings. The summed E-state index contributed by atoms with van der Waals surface area (Å²) in [5, 5.41) is 0.735. The van der Waals surface area contributed by atoms with Gasteiger partial charge in [0.2, 0.25) is 0 Å². The minimum atomic E-state index is -0.303. The van der Waals surface area contributed by atoms with Gasteiger partial charge in [-0.25, -0.2) is 9.37 Å². The van der Waals surface area contributed by atoms with Gasteiger partial charge in [0.25, 0.3) is 0 Å². The largest absolute Gasteiger partial charge is 0.496 e. The topological polar surface area (TPSA) is 48.1 Å². The molecule has 90 valence electrons. The average molecular weight is 252 g/mol. The molecule has 0 aliphatic carbocycles. The molecule has 0 spiro atoms. The second kappa shape index (κ2) is 4.81. The van der Waals surface area contributed by atoms with Crippen molar-refractivity contribution >= 4 is 11.3 Å². The number of thiazole rings is 1. The fourth-order valence-electron chi connectivity index (χ4n) is 1.58. The molecule has 1 heterocycles. The summed E-state index contributed by atoms with van der Waals surface area (Å²) in [6.45, 7) is 2.34. The summed E-state index contributed by atoms with van der Waals surface area (Å²) in [7, 11) is 1.56. The van der Waals surface area contributed by atoms with Crippen molar-refractivity contribution in [2.24, 2.45) is 5.73 Å². The lowest BCUT2D eigenvalue weighted by molar-refractivity contribution is 0.415. The second-order valence-corrected chi connectivity index (χ2v) is 4.77. The third kappa shape index (κ3) is 2.30. The number of aryl methyl sites for hydroxylation is 1. The minimum Gasteiger partial charge on any atom is -0.496 e. The van der Waals surface area contributed by atoms with Gasteiger partial charge in [-0.05, 0) is 25.1 Å². The zero-order valence-corrected chi connectivity index (χ0v) is 10.5. The van der Waals surface area contributed by atoms with Crippen LogP contribution in [0.25, 0.3) is 10.6 Å². The summed E-state index contributed by atoms with van der Waals surface area (Å²) in [4.78, 5) is 5.44. The predicted molar refractivity (Wildman–Crippen MR) is 66.7 cm³/mol. The van der Waals surface area contributed by atoms with E-state index in [1.54, 1.807) is 13.2 Å². The van der Waals surface area contributed by atoms with Crippen LogP contribution in [0.4, 0.5) is 4.39 Å². The first-order chi connectivity index (χ1) is 8.15. The van der Waals surface area contributed by atoms with Gasteiger partial charge in [0, 0.05) is 11.4 Å². The van der Waals surface area contributed by atoms with E-state index in [-0.39, 0.29) is 5.82 Å². The Labute approximate surface area is 103 Å². The van der Waals surface area contributed by atoms with E-state index in [0.29, 0.717) is 17.9 Å². The molecule has 0 aliphatic rings. The Bertz CT molecular complexity index is 539. The minimum absolute atomic E-state index is 0.303. The number of nitrogens with two attached hydrogens (primary N) is 1. The van der Waals surface area contributed by atoms with Gasteiger partial charge in [0.15, 0.2) is 0 Å². The van der Waals surface area contributed by atoms with Crippen molar-refractivity contribution in [1.82, 2.24) is 4.98 Å². The smallest absolute Gasteiger partial charge is 0.129 e. The zero-order chi connectivity index (χ0) is 12.4. The molecule has 3 nitrogen and oxygen atoms in total. The van der Waals surface area contributed by atoms with Crippen LogP contribution in [-0.2, 0) is 6.54 Å². The molecule has 0 unspecified atom stereocenters. The van der Waals surface area contributed by atoms with Crippen molar-refractivity contribution in [2.75, 3.05) is 7.11 Å². The lowest BCUT2D eigenvalue weighted by Gasteiger charge is -2.05. The molecular formula is C12H13FN2OS. The molecule has 0 bridgehead atoms. The quantitative estimate of drug-likeness (QED) is 0.913. The number of methoxy groups -OCH3 is 1. The van der Waals surface area contributed by atoms with Crippen molar-refractivity contribution in [1.29, 1.82) is 0 Å². The molecule has 0 saturated heterocycles. The van der Waals surface area contributed by atoms with E-state index in [1.807, 2.05) is 6.92 Å². The van der Waals surface area contributed by atoms with Crippen LogP contribution in [0.2, 0.25) is 0 Å². The summed E-state index contributed by atoms with van der Waals surface area (Å²) in [6, 6.07) is 4.40. The van der Waals surface area contributed by atoms with Crippen LogP contribution in [0.1, 0.15) is 10.6 Å². The monoisotopic (exact) mass is 252 g/mol. The van der Waals surface area contributed by atoms with E-state index in [9.17, 15) is 4.39 Å². The Balaban J connectivity index is 2.54. The first-order valence-corrected chi connectivity index (χ1v) is 5.97. The summed E-state index contributed by atoms with van der Waals surface area (Å²) in [6.07, 6.45) is 0. The highest BCUT2D eigenvalue weighted by molar-refractivity contribution is 7.15. The zero-order valence-electron chi connectivity index (χ0n) is 9.66. The molecule has 1 aromatic heterocycles. The van der Waals surface area contributed by atoms with Crippen molar-refractivity contribution in [3.05, 3.63) is 34.6 Å². The number of hydrogen-bond donors (Lipinski definition) is 1. The summed E-state index contributed by atoms with van der Waals surface area (Å²) < 4.78 is 18.5. The van der Waals surface area contributed by atoms with E-state index < -0.39 is 0 Å². The fourth-order valence-corrected chi connectivity index (χ4v) is 2.54. The molecule has 0 radical (unpaired) electrons. The third-order valence-electron chi connectivity index (χ3n) is 2.48. The highest BCUT2D eigenvalue weighted by Crippen LogP contribution is 2.34. The summed E-state index contributed by atoms with van der Waals surface area (Å²) in [5.74, 6) is 0.312. The van der Waals surface area contributed by atoms with Gasteiger partial charge in [-0.1, -0.05) is 0 Å². The maximum Gasteiger partial charge on any atom is 0.129 e. The molecule has 0 aliphatic heterocycles. The predicted octanol–water partition coefficient (Wildman–Crippen LogP) is 2.72. The molecule has 17 heavy (non-hydrogen) atoms. The molecule has 0 amide bonds. The highest BCUT2D eigenvalue weighted by atomic mass is 32.1. The van der Waals surface area contributed by atoms with Crippen LogP contribution >= 0.6 is 11.3 Å². The van der Waals surface area contributed by atoms with Crippen LogP contribution in [0.5, 0.6) is 5.75 Å². The Morgan fingerprint density at radius 2 is 2.24 bits per heavy atom.